The van der Waals surface area contributed by atoms with E-state index in [0.717, 1.165) is 12.1 Å². The topological polar surface area (TPSA) is 89.3 Å². The van der Waals surface area contributed by atoms with Gasteiger partial charge in [0.1, 0.15) is 0 Å². The molecule has 1 unspecified atom stereocenters. The first kappa shape index (κ1) is 17.5. The van der Waals surface area contributed by atoms with Gasteiger partial charge in [0.25, 0.3) is 0 Å². The van der Waals surface area contributed by atoms with E-state index in [9.17, 15) is 22.0 Å². The van der Waals surface area contributed by atoms with E-state index in [0.29, 0.717) is 12.1 Å². The maximum atomic E-state index is 12.4. The van der Waals surface area contributed by atoms with Gasteiger partial charge in [0.15, 0.2) is 0 Å². The molecule has 0 fully saturated rings. The number of hydrogen-bond acceptors (Lipinski definition) is 4. The minimum absolute atomic E-state index is 0.160. The minimum Gasteiger partial charge on any atom is -0.329 e. The van der Waals surface area contributed by atoms with Crippen molar-refractivity contribution in [1.82, 2.24) is 0 Å². The summed E-state index contributed by atoms with van der Waals surface area (Å²) >= 11 is 0. The Morgan fingerprint density at radius 2 is 1.86 bits per heavy atom. The molecule has 1 aromatic carbocycles. The molecule has 0 spiro atoms. The molecule has 0 radical (unpaired) electrons. The van der Waals surface area contributed by atoms with Gasteiger partial charge in [0.2, 0.25) is 15.7 Å². The van der Waals surface area contributed by atoms with E-state index in [-0.39, 0.29) is 12.5 Å². The van der Waals surface area contributed by atoms with Crippen LogP contribution in [0.3, 0.4) is 0 Å². The van der Waals surface area contributed by atoms with Gasteiger partial charge in [-0.15, -0.1) is 0 Å². The highest BCUT2D eigenvalue weighted by Crippen LogP contribution is 2.24. The third kappa shape index (κ3) is 3.76. The Kier molecular flexibility index (Phi) is 5.41. The minimum atomic E-state index is -4.63. The highest BCUT2D eigenvalue weighted by molar-refractivity contribution is 7.91. The normalized spacial score (nSPS) is 14.8. The smallest absolute Gasteiger partial charge is 0.329 e. The maximum absolute atomic E-state index is 12.4. The van der Waals surface area contributed by atoms with Crippen LogP contribution in [-0.4, -0.2) is 26.6 Å². The van der Waals surface area contributed by atoms with Crippen LogP contribution in [0.15, 0.2) is 29.2 Å². The van der Waals surface area contributed by atoms with Crippen molar-refractivity contribution in [3.05, 3.63) is 24.3 Å². The number of carbonyl (C=O) groups is 1. The summed E-state index contributed by atoms with van der Waals surface area (Å²) in [6.45, 7) is 3.69. The third-order valence-corrected chi connectivity index (χ3v) is 4.85. The molecule has 1 rings (SSSR count). The molecule has 21 heavy (non-hydrogen) atoms. The Morgan fingerprint density at radius 3 is 2.24 bits per heavy atom. The van der Waals surface area contributed by atoms with Crippen LogP contribution < -0.4 is 11.1 Å². The van der Waals surface area contributed by atoms with Crippen LogP contribution in [0.5, 0.6) is 0 Å². The zero-order valence-electron chi connectivity index (χ0n) is 11.8. The molecule has 8 heteroatoms. The molecule has 3 N–H and O–H groups in total. The quantitative estimate of drug-likeness (QED) is 0.839. The predicted molar refractivity (Wildman–Crippen MR) is 75.7 cm³/mol. The maximum Gasteiger partial charge on any atom is 0.341 e. The summed E-state index contributed by atoms with van der Waals surface area (Å²) in [5.41, 5.74) is 5.14. The van der Waals surface area contributed by atoms with Crippen molar-refractivity contribution in [2.24, 2.45) is 11.1 Å². The molecule has 5 nitrogen and oxygen atoms in total. The monoisotopic (exact) mass is 320 g/mol. The highest BCUT2D eigenvalue weighted by atomic mass is 32.2. The molecule has 0 saturated carbocycles. The number of alkyl halides is 2. The van der Waals surface area contributed by atoms with E-state index in [4.69, 9.17) is 5.73 Å². The van der Waals surface area contributed by atoms with Crippen LogP contribution in [0, 0.1) is 5.41 Å². The Labute approximate surface area is 122 Å². The van der Waals surface area contributed by atoms with E-state index >= 15 is 0 Å². The van der Waals surface area contributed by atoms with E-state index in [1.54, 1.807) is 6.92 Å². The number of hydrogen-bond donors (Lipinski definition) is 2. The molecular formula is C13H18F2N2O3S. The van der Waals surface area contributed by atoms with Crippen LogP contribution >= 0.6 is 0 Å². The summed E-state index contributed by atoms with van der Waals surface area (Å²) < 4.78 is 47.3. The fourth-order valence-corrected chi connectivity index (χ4v) is 2.23. The molecule has 1 amide bonds. The van der Waals surface area contributed by atoms with Crippen molar-refractivity contribution < 1.29 is 22.0 Å². The van der Waals surface area contributed by atoms with Crippen molar-refractivity contribution in [2.45, 2.75) is 30.9 Å². The van der Waals surface area contributed by atoms with Crippen LogP contribution in [0.1, 0.15) is 20.3 Å². The van der Waals surface area contributed by atoms with Crippen molar-refractivity contribution in [1.29, 1.82) is 0 Å². The lowest BCUT2D eigenvalue weighted by molar-refractivity contribution is -0.124. The van der Waals surface area contributed by atoms with Gasteiger partial charge in [0, 0.05) is 12.2 Å². The molecular weight excluding hydrogens is 302 g/mol. The van der Waals surface area contributed by atoms with Gasteiger partial charge < -0.3 is 11.1 Å². The first-order valence-corrected chi connectivity index (χ1v) is 7.85. The SMILES string of the molecule is CCC(C)(CN)C(=O)Nc1ccc(S(=O)(=O)C(F)F)cc1. The predicted octanol–water partition coefficient (Wildman–Crippen LogP) is 2.00. The Bertz CT molecular complexity index is 596. The van der Waals surface area contributed by atoms with Crippen LogP contribution in [0.25, 0.3) is 0 Å². The second-order valence-electron chi connectivity index (χ2n) is 4.90. The number of sulfone groups is 1. The van der Waals surface area contributed by atoms with Gasteiger partial charge in [-0.2, -0.15) is 8.78 Å². The first-order chi connectivity index (χ1) is 9.67. The molecule has 0 saturated heterocycles. The number of benzene rings is 1. The Hall–Kier alpha value is -1.54. The summed E-state index contributed by atoms with van der Waals surface area (Å²) in [6.07, 6.45) is 0.535. The van der Waals surface area contributed by atoms with Crippen molar-refractivity contribution in [2.75, 3.05) is 11.9 Å². The van der Waals surface area contributed by atoms with Crippen molar-refractivity contribution in [3.8, 4) is 0 Å². The van der Waals surface area contributed by atoms with Gasteiger partial charge >= 0.3 is 5.76 Å². The molecule has 0 heterocycles. The summed E-state index contributed by atoms with van der Waals surface area (Å²) in [5.74, 6) is -3.78. The number of nitrogens with two attached hydrogens (primary N) is 1. The summed E-state index contributed by atoms with van der Waals surface area (Å²) in [4.78, 5) is 11.6. The van der Waals surface area contributed by atoms with Crippen molar-refractivity contribution >= 4 is 21.4 Å². The van der Waals surface area contributed by atoms with Gasteiger partial charge in [-0.05, 0) is 37.6 Å². The number of amides is 1. The zero-order chi connectivity index (χ0) is 16.3. The molecule has 0 aliphatic carbocycles. The third-order valence-electron chi connectivity index (χ3n) is 3.45. The Balaban J connectivity index is 2.93. The molecule has 0 aliphatic rings. The van der Waals surface area contributed by atoms with E-state index in [2.05, 4.69) is 5.32 Å². The summed E-state index contributed by atoms with van der Waals surface area (Å²) in [6, 6.07) is 4.59. The molecule has 118 valence electrons. The van der Waals surface area contributed by atoms with E-state index in [1.807, 2.05) is 6.92 Å². The average Bonchev–Trinajstić information content (AvgIpc) is 2.46. The summed E-state index contributed by atoms with van der Waals surface area (Å²) in [5, 5.41) is 2.59. The number of anilines is 1. The first-order valence-electron chi connectivity index (χ1n) is 6.31. The second-order valence-corrected chi connectivity index (χ2v) is 6.82. The van der Waals surface area contributed by atoms with E-state index < -0.39 is 25.9 Å². The lowest BCUT2D eigenvalue weighted by atomic mass is 9.86. The fourth-order valence-electron chi connectivity index (χ4n) is 1.51. The molecule has 1 atom stereocenters. The summed E-state index contributed by atoms with van der Waals surface area (Å²) in [7, 11) is -4.63. The van der Waals surface area contributed by atoms with Gasteiger partial charge in [-0.1, -0.05) is 6.92 Å². The Morgan fingerprint density at radius 1 is 1.33 bits per heavy atom. The zero-order valence-corrected chi connectivity index (χ0v) is 12.6. The van der Waals surface area contributed by atoms with Crippen LogP contribution in [0.4, 0.5) is 14.5 Å². The standard InChI is InChI=1S/C13H18F2N2O3S/c1-3-13(2,8-16)11(18)17-9-4-6-10(7-5-9)21(19,20)12(14)15/h4-7,12H,3,8,16H2,1-2H3,(H,17,18). The van der Waals surface area contributed by atoms with Gasteiger partial charge in [-0.25, -0.2) is 8.42 Å². The van der Waals surface area contributed by atoms with Crippen LogP contribution in [0.2, 0.25) is 0 Å². The number of halogens is 2. The second kappa shape index (κ2) is 6.48. The number of carbonyl (C=O) groups excluding carboxylic acids is 1. The lowest BCUT2D eigenvalue weighted by Gasteiger charge is -2.24. The number of rotatable bonds is 6. The van der Waals surface area contributed by atoms with Crippen LogP contribution in [-0.2, 0) is 14.6 Å². The fraction of sp³-hybridized carbons (Fsp3) is 0.462. The molecule has 1 aromatic rings. The lowest BCUT2D eigenvalue weighted by Crippen LogP contribution is -2.39. The highest BCUT2D eigenvalue weighted by Gasteiger charge is 2.30. The molecule has 0 aromatic heterocycles. The van der Waals surface area contributed by atoms with E-state index in [1.165, 1.54) is 12.1 Å². The average molecular weight is 320 g/mol. The molecule has 0 aliphatic heterocycles. The number of nitrogens with one attached hydrogen (secondary N) is 1. The van der Waals surface area contributed by atoms with Gasteiger partial charge in [-0.3, -0.25) is 4.79 Å². The largest absolute Gasteiger partial charge is 0.341 e. The van der Waals surface area contributed by atoms with Crippen molar-refractivity contribution in [3.63, 3.8) is 0 Å². The molecule has 0 bridgehead atoms. The van der Waals surface area contributed by atoms with Gasteiger partial charge in [0.05, 0.1) is 10.3 Å².